The van der Waals surface area contributed by atoms with Crippen molar-refractivity contribution in [3.63, 3.8) is 0 Å². The summed E-state index contributed by atoms with van der Waals surface area (Å²) in [6, 6.07) is 9.12. The molecule has 0 fully saturated rings. The number of aromatic nitrogens is 3. The van der Waals surface area contributed by atoms with Crippen LogP contribution in [-0.4, -0.2) is 15.1 Å². The van der Waals surface area contributed by atoms with Crippen molar-refractivity contribution in [3.8, 4) is 17.2 Å². The van der Waals surface area contributed by atoms with E-state index in [0.29, 0.717) is 22.5 Å². The van der Waals surface area contributed by atoms with Crippen molar-refractivity contribution < 1.29 is 9.26 Å². The molecule has 0 aliphatic rings. The molecule has 0 saturated heterocycles. The van der Waals surface area contributed by atoms with E-state index in [-0.39, 0.29) is 0 Å². The van der Waals surface area contributed by atoms with Crippen LogP contribution < -0.4 is 4.74 Å². The molecule has 3 aromatic rings. The van der Waals surface area contributed by atoms with Crippen LogP contribution in [0.1, 0.15) is 24.5 Å². The summed E-state index contributed by atoms with van der Waals surface area (Å²) in [6.07, 6.45) is 1.31. The molecule has 0 N–H and O–H groups in total. The van der Waals surface area contributed by atoms with Gasteiger partial charge in [0.1, 0.15) is 5.75 Å². The molecule has 0 aliphatic carbocycles. The topological polar surface area (TPSA) is 61.0 Å². The van der Waals surface area contributed by atoms with E-state index in [1.54, 1.807) is 18.3 Å². The van der Waals surface area contributed by atoms with Gasteiger partial charge in [0.25, 0.3) is 5.89 Å². The first-order chi connectivity index (χ1) is 11.0. The van der Waals surface area contributed by atoms with E-state index >= 15 is 0 Å². The van der Waals surface area contributed by atoms with Gasteiger partial charge in [0.05, 0.1) is 5.02 Å². The molecule has 2 heterocycles. The first-order valence-electron chi connectivity index (χ1n) is 6.91. The number of benzene rings is 1. The zero-order valence-corrected chi connectivity index (χ0v) is 14.8. The van der Waals surface area contributed by atoms with Gasteiger partial charge in [-0.25, -0.2) is 0 Å². The first-order valence-corrected chi connectivity index (χ1v) is 8.08. The van der Waals surface area contributed by atoms with Crippen molar-refractivity contribution >= 4 is 27.5 Å². The summed E-state index contributed by atoms with van der Waals surface area (Å²) < 4.78 is 12.0. The summed E-state index contributed by atoms with van der Waals surface area (Å²) in [5.74, 6) is 1.45. The van der Waals surface area contributed by atoms with E-state index in [4.69, 9.17) is 20.9 Å². The molecule has 1 atom stereocenters. The first kappa shape index (κ1) is 16.0. The van der Waals surface area contributed by atoms with E-state index in [0.717, 1.165) is 15.7 Å². The van der Waals surface area contributed by atoms with E-state index in [1.165, 1.54) is 0 Å². The Morgan fingerprint density at radius 1 is 1.26 bits per heavy atom. The smallest absolute Gasteiger partial charge is 0.258 e. The molecule has 0 saturated carbocycles. The second-order valence-electron chi connectivity index (χ2n) is 4.98. The van der Waals surface area contributed by atoms with Crippen LogP contribution in [-0.2, 0) is 0 Å². The zero-order valence-electron chi connectivity index (χ0n) is 12.5. The average molecular weight is 395 g/mol. The van der Waals surface area contributed by atoms with Crippen LogP contribution in [0, 0.1) is 6.92 Å². The highest BCUT2D eigenvalue weighted by molar-refractivity contribution is 9.10. The molecule has 23 heavy (non-hydrogen) atoms. The Balaban J connectivity index is 1.79. The second-order valence-corrected chi connectivity index (χ2v) is 6.30. The molecule has 0 radical (unpaired) electrons. The second kappa shape index (κ2) is 6.68. The maximum Gasteiger partial charge on any atom is 0.258 e. The lowest BCUT2D eigenvalue weighted by Crippen LogP contribution is -2.05. The summed E-state index contributed by atoms with van der Waals surface area (Å²) in [7, 11) is 0. The van der Waals surface area contributed by atoms with Gasteiger partial charge >= 0.3 is 0 Å². The molecule has 1 aromatic carbocycles. The van der Waals surface area contributed by atoms with Crippen molar-refractivity contribution in [2.75, 3.05) is 0 Å². The normalized spacial score (nSPS) is 12.2. The molecule has 0 aliphatic heterocycles. The van der Waals surface area contributed by atoms with Gasteiger partial charge in [-0.05, 0) is 44.2 Å². The molecular weight excluding hydrogens is 382 g/mol. The molecule has 118 valence electrons. The van der Waals surface area contributed by atoms with Crippen molar-refractivity contribution in [1.82, 2.24) is 15.1 Å². The van der Waals surface area contributed by atoms with Gasteiger partial charge in [0.2, 0.25) is 5.82 Å². The fraction of sp³-hybridized carbons (Fsp3) is 0.188. The Labute approximate surface area is 146 Å². The highest BCUT2D eigenvalue weighted by Crippen LogP contribution is 2.31. The maximum atomic E-state index is 6.15. The quantitative estimate of drug-likeness (QED) is 0.623. The van der Waals surface area contributed by atoms with Gasteiger partial charge in [-0.1, -0.05) is 32.7 Å². The van der Waals surface area contributed by atoms with Gasteiger partial charge in [-0.3, -0.25) is 4.98 Å². The Morgan fingerprint density at radius 3 is 2.83 bits per heavy atom. The third-order valence-corrected chi connectivity index (χ3v) is 3.94. The summed E-state index contributed by atoms with van der Waals surface area (Å²) >= 11 is 9.51. The molecule has 7 heteroatoms. The minimum atomic E-state index is -0.394. The summed E-state index contributed by atoms with van der Waals surface area (Å²) in [6.45, 7) is 3.74. The van der Waals surface area contributed by atoms with Crippen molar-refractivity contribution in [2.24, 2.45) is 0 Å². The van der Waals surface area contributed by atoms with Crippen LogP contribution in [0.15, 0.2) is 45.5 Å². The lowest BCUT2D eigenvalue weighted by atomic mass is 10.2. The Kier molecular flexibility index (Phi) is 4.63. The molecule has 2 aromatic heterocycles. The van der Waals surface area contributed by atoms with Crippen molar-refractivity contribution in [1.29, 1.82) is 0 Å². The van der Waals surface area contributed by atoms with Gasteiger partial charge in [-0.15, -0.1) is 0 Å². The van der Waals surface area contributed by atoms with E-state index in [2.05, 4.69) is 31.1 Å². The Hall–Kier alpha value is -1.92. The third kappa shape index (κ3) is 3.71. The minimum absolute atomic E-state index is 0.394. The van der Waals surface area contributed by atoms with Gasteiger partial charge < -0.3 is 9.26 Å². The SMILES string of the molecule is Cc1cc(-c2nc(C(C)Oc3ccc(Br)cc3Cl)no2)ccn1. The summed E-state index contributed by atoms with van der Waals surface area (Å²) in [5, 5.41) is 4.50. The van der Waals surface area contributed by atoms with Crippen molar-refractivity contribution in [2.45, 2.75) is 20.0 Å². The summed E-state index contributed by atoms with van der Waals surface area (Å²) in [5.41, 5.74) is 1.71. The predicted octanol–water partition coefficient (Wildman–Crippen LogP) is 5.00. The van der Waals surface area contributed by atoms with Crippen LogP contribution in [0.4, 0.5) is 0 Å². The largest absolute Gasteiger partial charge is 0.481 e. The number of hydrogen-bond acceptors (Lipinski definition) is 5. The maximum absolute atomic E-state index is 6.15. The van der Waals surface area contributed by atoms with Gasteiger partial charge in [-0.2, -0.15) is 4.98 Å². The van der Waals surface area contributed by atoms with Crippen LogP contribution in [0.5, 0.6) is 5.75 Å². The number of pyridine rings is 1. The average Bonchev–Trinajstić information content (AvgIpc) is 3.00. The lowest BCUT2D eigenvalue weighted by Gasteiger charge is -2.12. The van der Waals surface area contributed by atoms with Crippen molar-refractivity contribution in [3.05, 3.63) is 57.5 Å². The molecule has 5 nitrogen and oxygen atoms in total. The van der Waals surface area contributed by atoms with Crippen LogP contribution in [0.2, 0.25) is 5.02 Å². The van der Waals surface area contributed by atoms with E-state index < -0.39 is 6.10 Å². The lowest BCUT2D eigenvalue weighted by molar-refractivity contribution is 0.211. The van der Waals surface area contributed by atoms with Gasteiger partial charge in [0, 0.05) is 21.9 Å². The predicted molar refractivity (Wildman–Crippen MR) is 90.5 cm³/mol. The molecule has 0 spiro atoms. The number of nitrogens with zero attached hydrogens (tertiary/aromatic N) is 3. The number of ether oxygens (including phenoxy) is 1. The number of aryl methyl sites for hydroxylation is 1. The fourth-order valence-electron chi connectivity index (χ4n) is 2.01. The number of rotatable bonds is 4. The molecule has 0 bridgehead atoms. The van der Waals surface area contributed by atoms with Crippen LogP contribution >= 0.6 is 27.5 Å². The van der Waals surface area contributed by atoms with Crippen LogP contribution in [0.3, 0.4) is 0 Å². The fourth-order valence-corrected chi connectivity index (χ4v) is 2.73. The standard InChI is InChI=1S/C16H13BrClN3O2/c1-9-7-11(5-6-19-9)16-20-15(21-23-16)10(2)22-14-4-3-12(17)8-13(14)18/h3-8,10H,1-2H3. The molecule has 0 amide bonds. The summed E-state index contributed by atoms with van der Waals surface area (Å²) in [4.78, 5) is 8.53. The van der Waals surface area contributed by atoms with Crippen LogP contribution in [0.25, 0.3) is 11.5 Å². The highest BCUT2D eigenvalue weighted by atomic mass is 79.9. The Bertz CT molecular complexity index is 838. The number of hydrogen-bond donors (Lipinski definition) is 0. The minimum Gasteiger partial charge on any atom is -0.481 e. The highest BCUT2D eigenvalue weighted by Gasteiger charge is 2.17. The Morgan fingerprint density at radius 2 is 2.09 bits per heavy atom. The third-order valence-electron chi connectivity index (χ3n) is 3.15. The zero-order chi connectivity index (χ0) is 16.4. The number of halogens is 2. The monoisotopic (exact) mass is 393 g/mol. The molecular formula is C16H13BrClN3O2. The molecule has 3 rings (SSSR count). The van der Waals surface area contributed by atoms with Gasteiger partial charge in [0.15, 0.2) is 6.10 Å². The van der Waals surface area contributed by atoms with E-state index in [9.17, 15) is 0 Å². The van der Waals surface area contributed by atoms with E-state index in [1.807, 2.05) is 32.0 Å². The molecule has 1 unspecified atom stereocenters.